The average molecular weight is 211 g/mol. The lowest BCUT2D eigenvalue weighted by atomic mass is 10.1. The standard InChI is InChI=1S/C11H11ClO2/c12-10-5-8(7-1-2-7)3-4-9(10)6-11(13)14/h3-5,7H,1-2,6H2,(H,13,14). The van der Waals surface area contributed by atoms with E-state index in [9.17, 15) is 4.79 Å². The van der Waals surface area contributed by atoms with Gasteiger partial charge in [0.2, 0.25) is 0 Å². The molecule has 0 radical (unpaired) electrons. The summed E-state index contributed by atoms with van der Waals surface area (Å²) in [5, 5.41) is 9.20. The van der Waals surface area contributed by atoms with Gasteiger partial charge in [0.05, 0.1) is 6.42 Å². The third-order valence-corrected chi connectivity index (χ3v) is 2.82. The molecular formula is C11H11ClO2. The van der Waals surface area contributed by atoms with Crippen LogP contribution in [0.1, 0.15) is 29.9 Å². The van der Waals surface area contributed by atoms with Gasteiger partial charge < -0.3 is 5.11 Å². The highest BCUT2D eigenvalue weighted by atomic mass is 35.5. The fourth-order valence-electron chi connectivity index (χ4n) is 1.54. The molecule has 1 aromatic carbocycles. The van der Waals surface area contributed by atoms with Crippen molar-refractivity contribution in [2.75, 3.05) is 0 Å². The summed E-state index contributed by atoms with van der Waals surface area (Å²) in [5.74, 6) is -0.183. The van der Waals surface area contributed by atoms with Crippen LogP contribution in [-0.2, 0) is 11.2 Å². The van der Waals surface area contributed by atoms with Crippen molar-refractivity contribution in [1.82, 2.24) is 0 Å². The van der Waals surface area contributed by atoms with Gasteiger partial charge in [-0.1, -0.05) is 23.7 Å². The third kappa shape index (κ3) is 2.07. The number of rotatable bonds is 3. The number of carbonyl (C=O) groups is 1. The van der Waals surface area contributed by atoms with Crippen LogP contribution in [0.2, 0.25) is 5.02 Å². The van der Waals surface area contributed by atoms with Gasteiger partial charge in [-0.2, -0.15) is 0 Å². The quantitative estimate of drug-likeness (QED) is 0.833. The maximum Gasteiger partial charge on any atom is 0.307 e. The number of benzene rings is 1. The van der Waals surface area contributed by atoms with E-state index in [0.29, 0.717) is 16.5 Å². The Morgan fingerprint density at radius 1 is 1.50 bits per heavy atom. The van der Waals surface area contributed by atoms with E-state index in [1.165, 1.54) is 18.4 Å². The molecule has 0 atom stereocenters. The van der Waals surface area contributed by atoms with E-state index in [1.807, 2.05) is 18.2 Å². The summed E-state index contributed by atoms with van der Waals surface area (Å²) < 4.78 is 0. The van der Waals surface area contributed by atoms with E-state index in [2.05, 4.69) is 0 Å². The fraction of sp³-hybridized carbons (Fsp3) is 0.364. The first-order chi connectivity index (χ1) is 6.66. The SMILES string of the molecule is O=C(O)Cc1ccc(C2CC2)cc1Cl. The predicted octanol–water partition coefficient (Wildman–Crippen LogP) is 2.84. The Kier molecular flexibility index (Phi) is 2.46. The summed E-state index contributed by atoms with van der Waals surface area (Å²) >= 11 is 5.98. The van der Waals surface area contributed by atoms with Crippen LogP contribution >= 0.6 is 11.6 Å². The van der Waals surface area contributed by atoms with E-state index >= 15 is 0 Å². The molecule has 1 aliphatic rings. The van der Waals surface area contributed by atoms with Crippen molar-refractivity contribution in [3.8, 4) is 0 Å². The van der Waals surface area contributed by atoms with E-state index in [0.717, 1.165) is 0 Å². The van der Waals surface area contributed by atoms with Gasteiger partial charge in [-0.15, -0.1) is 0 Å². The largest absolute Gasteiger partial charge is 0.481 e. The number of aliphatic carboxylic acids is 1. The lowest BCUT2D eigenvalue weighted by Gasteiger charge is -2.03. The summed E-state index contributed by atoms with van der Waals surface area (Å²) in [6.07, 6.45) is 2.47. The highest BCUT2D eigenvalue weighted by Gasteiger charge is 2.23. The lowest BCUT2D eigenvalue weighted by Crippen LogP contribution is -2.00. The summed E-state index contributed by atoms with van der Waals surface area (Å²) in [4.78, 5) is 10.5. The molecule has 0 amide bonds. The van der Waals surface area contributed by atoms with Crippen LogP contribution in [-0.4, -0.2) is 11.1 Å². The average Bonchev–Trinajstić information content (AvgIpc) is 2.90. The molecule has 1 aromatic rings. The first-order valence-electron chi connectivity index (χ1n) is 4.67. The zero-order valence-electron chi connectivity index (χ0n) is 7.66. The van der Waals surface area contributed by atoms with Crippen LogP contribution in [0, 0.1) is 0 Å². The van der Waals surface area contributed by atoms with E-state index < -0.39 is 5.97 Å². The second-order valence-corrected chi connectivity index (χ2v) is 4.10. The van der Waals surface area contributed by atoms with Crippen molar-refractivity contribution in [3.63, 3.8) is 0 Å². The molecule has 1 fully saturated rings. The van der Waals surface area contributed by atoms with Gasteiger partial charge in [0.25, 0.3) is 0 Å². The number of hydrogen-bond acceptors (Lipinski definition) is 1. The molecule has 0 unspecified atom stereocenters. The van der Waals surface area contributed by atoms with Gasteiger partial charge in [0, 0.05) is 5.02 Å². The Morgan fingerprint density at radius 3 is 2.71 bits per heavy atom. The van der Waals surface area contributed by atoms with Gasteiger partial charge in [0.15, 0.2) is 0 Å². The normalized spacial score (nSPS) is 15.5. The van der Waals surface area contributed by atoms with Crippen LogP contribution in [0.15, 0.2) is 18.2 Å². The second-order valence-electron chi connectivity index (χ2n) is 3.70. The third-order valence-electron chi connectivity index (χ3n) is 2.47. The first kappa shape index (κ1) is 9.53. The molecule has 0 aliphatic heterocycles. The predicted molar refractivity (Wildman–Crippen MR) is 54.8 cm³/mol. The minimum atomic E-state index is -0.842. The van der Waals surface area contributed by atoms with Crippen LogP contribution in [0.5, 0.6) is 0 Å². The van der Waals surface area contributed by atoms with Crippen molar-refractivity contribution >= 4 is 17.6 Å². The maximum absolute atomic E-state index is 10.5. The fourth-order valence-corrected chi connectivity index (χ4v) is 1.80. The zero-order valence-corrected chi connectivity index (χ0v) is 8.42. The summed E-state index contributed by atoms with van der Waals surface area (Å²) in [6, 6.07) is 5.71. The Hall–Kier alpha value is -1.02. The number of halogens is 1. The van der Waals surface area contributed by atoms with Gasteiger partial charge in [0.1, 0.15) is 0 Å². The Morgan fingerprint density at radius 2 is 2.21 bits per heavy atom. The molecule has 0 bridgehead atoms. The van der Waals surface area contributed by atoms with Crippen LogP contribution in [0.4, 0.5) is 0 Å². The highest BCUT2D eigenvalue weighted by Crippen LogP contribution is 2.41. The van der Waals surface area contributed by atoms with Crippen molar-refractivity contribution in [3.05, 3.63) is 34.3 Å². The highest BCUT2D eigenvalue weighted by molar-refractivity contribution is 6.31. The minimum absolute atomic E-state index is 0.00375. The van der Waals surface area contributed by atoms with Crippen molar-refractivity contribution in [2.45, 2.75) is 25.2 Å². The molecule has 0 aromatic heterocycles. The summed E-state index contributed by atoms with van der Waals surface area (Å²) in [7, 11) is 0. The molecule has 0 spiro atoms. The number of carboxylic acid groups (broad SMARTS) is 1. The van der Waals surface area contributed by atoms with Crippen molar-refractivity contribution in [2.24, 2.45) is 0 Å². The summed E-state index contributed by atoms with van der Waals surface area (Å²) in [6.45, 7) is 0. The Bertz CT molecular complexity index is 370. The molecule has 74 valence electrons. The van der Waals surface area contributed by atoms with E-state index in [-0.39, 0.29) is 6.42 Å². The van der Waals surface area contributed by atoms with Gasteiger partial charge in [-0.3, -0.25) is 4.79 Å². The molecular weight excluding hydrogens is 200 g/mol. The van der Waals surface area contributed by atoms with E-state index in [1.54, 1.807) is 0 Å². The number of carboxylic acids is 1. The molecule has 0 saturated heterocycles. The minimum Gasteiger partial charge on any atom is -0.481 e. The molecule has 1 saturated carbocycles. The van der Waals surface area contributed by atoms with Gasteiger partial charge in [-0.05, 0) is 36.0 Å². The second kappa shape index (κ2) is 3.62. The molecule has 2 nitrogen and oxygen atoms in total. The topological polar surface area (TPSA) is 37.3 Å². The lowest BCUT2D eigenvalue weighted by molar-refractivity contribution is -0.136. The Balaban J connectivity index is 2.21. The van der Waals surface area contributed by atoms with Crippen LogP contribution in [0.3, 0.4) is 0 Å². The molecule has 0 heterocycles. The molecule has 14 heavy (non-hydrogen) atoms. The molecule has 2 rings (SSSR count). The van der Waals surface area contributed by atoms with Crippen LogP contribution in [0.25, 0.3) is 0 Å². The van der Waals surface area contributed by atoms with E-state index in [4.69, 9.17) is 16.7 Å². The number of hydrogen-bond donors (Lipinski definition) is 1. The first-order valence-corrected chi connectivity index (χ1v) is 5.04. The van der Waals surface area contributed by atoms with Crippen molar-refractivity contribution in [1.29, 1.82) is 0 Å². The molecule has 3 heteroatoms. The van der Waals surface area contributed by atoms with Gasteiger partial charge >= 0.3 is 5.97 Å². The monoisotopic (exact) mass is 210 g/mol. The summed E-state index contributed by atoms with van der Waals surface area (Å²) in [5.41, 5.74) is 1.94. The van der Waals surface area contributed by atoms with Crippen LogP contribution < -0.4 is 0 Å². The molecule has 1 aliphatic carbocycles. The van der Waals surface area contributed by atoms with Crippen molar-refractivity contribution < 1.29 is 9.90 Å². The Labute approximate surface area is 87.5 Å². The molecule has 1 N–H and O–H groups in total. The zero-order chi connectivity index (χ0) is 10.1. The maximum atomic E-state index is 10.5. The smallest absolute Gasteiger partial charge is 0.307 e. The van der Waals surface area contributed by atoms with Gasteiger partial charge in [-0.25, -0.2) is 0 Å².